The molecule has 1 N–H and O–H groups in total. The van der Waals surface area contributed by atoms with Crippen LogP contribution in [0.15, 0.2) is 65.5 Å². The van der Waals surface area contributed by atoms with Crippen molar-refractivity contribution >= 4 is 22.9 Å². The summed E-state index contributed by atoms with van der Waals surface area (Å²) in [6.07, 6.45) is -0.0580. The maximum Gasteiger partial charge on any atom is 0.416 e. The third kappa shape index (κ3) is 3.46. The third-order valence-electron chi connectivity index (χ3n) is 4.14. The Labute approximate surface area is 156 Å². The summed E-state index contributed by atoms with van der Waals surface area (Å²) in [4.78, 5) is 20.5. The fourth-order valence-electron chi connectivity index (χ4n) is 2.80. The third-order valence-corrected chi connectivity index (χ3v) is 4.14. The van der Waals surface area contributed by atoms with Crippen LogP contribution in [0.1, 0.15) is 21.7 Å². The van der Waals surface area contributed by atoms with Crippen molar-refractivity contribution in [3.63, 3.8) is 0 Å². The van der Waals surface area contributed by atoms with Crippen molar-refractivity contribution in [3.05, 3.63) is 78.0 Å². The molecule has 0 saturated heterocycles. The summed E-state index contributed by atoms with van der Waals surface area (Å²) in [6.45, 7) is 0.195. The number of imidazole rings is 1. The van der Waals surface area contributed by atoms with Crippen LogP contribution in [-0.4, -0.2) is 20.4 Å². The molecule has 0 aliphatic heterocycles. The van der Waals surface area contributed by atoms with E-state index in [9.17, 15) is 18.0 Å². The Balaban J connectivity index is 1.77. The van der Waals surface area contributed by atoms with Gasteiger partial charge in [-0.05, 0) is 42.5 Å². The number of nitrogens with zero attached hydrogens (tertiary/aromatic N) is 3. The van der Waals surface area contributed by atoms with E-state index in [2.05, 4.69) is 15.3 Å². The molecule has 6 nitrogen and oxygen atoms in total. The number of carbonyl (C=O) groups is 1. The van der Waals surface area contributed by atoms with Gasteiger partial charge in [-0.2, -0.15) is 13.2 Å². The summed E-state index contributed by atoms with van der Waals surface area (Å²) in [5, 5.41) is 2.65. The van der Waals surface area contributed by atoms with Gasteiger partial charge in [-0.25, -0.2) is 4.98 Å². The van der Waals surface area contributed by atoms with Gasteiger partial charge in [0, 0.05) is 18.0 Å². The number of benzene rings is 1. The first-order valence-electron chi connectivity index (χ1n) is 8.23. The highest BCUT2D eigenvalue weighted by Gasteiger charge is 2.31. The Kier molecular flexibility index (Phi) is 4.34. The molecule has 0 unspecified atom stereocenters. The lowest BCUT2D eigenvalue weighted by molar-refractivity contribution is -0.137. The molecule has 142 valence electrons. The molecule has 0 aliphatic carbocycles. The molecule has 1 amide bonds. The number of amides is 1. The van der Waals surface area contributed by atoms with E-state index in [1.807, 2.05) is 0 Å². The molecule has 28 heavy (non-hydrogen) atoms. The van der Waals surface area contributed by atoms with E-state index in [1.165, 1.54) is 36.9 Å². The van der Waals surface area contributed by atoms with Crippen LogP contribution in [0.4, 0.5) is 19.1 Å². The van der Waals surface area contributed by atoms with Gasteiger partial charge >= 0.3 is 6.18 Å². The Morgan fingerprint density at radius 1 is 1.14 bits per heavy atom. The molecule has 4 rings (SSSR count). The largest absolute Gasteiger partial charge is 0.467 e. The first-order valence-corrected chi connectivity index (χ1v) is 8.23. The highest BCUT2D eigenvalue weighted by molar-refractivity contribution is 6.04. The zero-order valence-electron chi connectivity index (χ0n) is 14.3. The van der Waals surface area contributed by atoms with Crippen LogP contribution in [-0.2, 0) is 12.7 Å². The van der Waals surface area contributed by atoms with Gasteiger partial charge in [0.25, 0.3) is 5.91 Å². The number of nitrogens with one attached hydrogen (secondary N) is 1. The van der Waals surface area contributed by atoms with Gasteiger partial charge in [0.2, 0.25) is 5.95 Å². The van der Waals surface area contributed by atoms with Crippen LogP contribution >= 0.6 is 0 Å². The SMILES string of the molecule is O=C(Nc1nc2cc(C(F)(F)F)ccc2n1Cc1ccco1)c1ccncc1. The summed E-state index contributed by atoms with van der Waals surface area (Å²) in [7, 11) is 0. The second kappa shape index (κ2) is 6.84. The summed E-state index contributed by atoms with van der Waals surface area (Å²) >= 11 is 0. The molecule has 3 heterocycles. The van der Waals surface area contributed by atoms with Gasteiger partial charge in [-0.1, -0.05) is 0 Å². The fourth-order valence-corrected chi connectivity index (χ4v) is 2.80. The number of pyridine rings is 1. The molecular formula is C19H13F3N4O2. The minimum atomic E-state index is -4.49. The van der Waals surface area contributed by atoms with Crippen molar-refractivity contribution in [1.29, 1.82) is 0 Å². The number of fused-ring (bicyclic) bond motifs is 1. The number of anilines is 1. The predicted molar refractivity (Wildman–Crippen MR) is 94.7 cm³/mol. The highest BCUT2D eigenvalue weighted by atomic mass is 19.4. The molecular weight excluding hydrogens is 373 g/mol. The Morgan fingerprint density at radius 2 is 1.93 bits per heavy atom. The topological polar surface area (TPSA) is 73.0 Å². The maximum absolute atomic E-state index is 13.0. The van der Waals surface area contributed by atoms with E-state index >= 15 is 0 Å². The number of carbonyl (C=O) groups excluding carboxylic acids is 1. The van der Waals surface area contributed by atoms with Gasteiger partial charge in [-0.15, -0.1) is 0 Å². The first-order chi connectivity index (χ1) is 13.4. The molecule has 0 fully saturated rings. The molecule has 0 bridgehead atoms. The normalized spacial score (nSPS) is 11.7. The van der Waals surface area contributed by atoms with E-state index < -0.39 is 17.6 Å². The Morgan fingerprint density at radius 3 is 2.61 bits per heavy atom. The van der Waals surface area contributed by atoms with Crippen LogP contribution in [0.5, 0.6) is 0 Å². The lowest BCUT2D eigenvalue weighted by Crippen LogP contribution is -2.16. The molecule has 1 aromatic carbocycles. The van der Waals surface area contributed by atoms with Crippen LogP contribution in [0.2, 0.25) is 0 Å². The average molecular weight is 386 g/mol. The number of aromatic nitrogens is 3. The van der Waals surface area contributed by atoms with E-state index in [1.54, 1.807) is 16.7 Å². The molecule has 0 atom stereocenters. The van der Waals surface area contributed by atoms with Crippen LogP contribution in [0.3, 0.4) is 0 Å². The van der Waals surface area contributed by atoms with Crippen molar-refractivity contribution in [2.75, 3.05) is 5.32 Å². The van der Waals surface area contributed by atoms with Crippen molar-refractivity contribution < 1.29 is 22.4 Å². The molecule has 3 aromatic heterocycles. The lowest BCUT2D eigenvalue weighted by atomic mass is 10.2. The Bertz CT molecular complexity index is 1120. The quantitative estimate of drug-likeness (QED) is 0.566. The predicted octanol–water partition coefficient (Wildman–Crippen LogP) is 4.34. The van der Waals surface area contributed by atoms with Crippen molar-refractivity contribution in [2.45, 2.75) is 12.7 Å². The molecule has 4 aromatic rings. The molecule has 0 aliphatic rings. The van der Waals surface area contributed by atoms with E-state index in [-0.39, 0.29) is 18.0 Å². The number of hydrogen-bond acceptors (Lipinski definition) is 4. The smallest absolute Gasteiger partial charge is 0.416 e. The summed E-state index contributed by atoms with van der Waals surface area (Å²) in [5.41, 5.74) is 0.0954. The van der Waals surface area contributed by atoms with Crippen molar-refractivity contribution in [1.82, 2.24) is 14.5 Å². The van der Waals surface area contributed by atoms with E-state index in [0.717, 1.165) is 12.1 Å². The average Bonchev–Trinajstić information content (AvgIpc) is 3.30. The summed E-state index contributed by atoms with van der Waals surface area (Å²) in [6, 6.07) is 9.74. The maximum atomic E-state index is 13.0. The standard InChI is InChI=1S/C19H13F3N4O2/c20-19(21,22)13-3-4-16-15(10-13)24-18(26(16)11-14-2-1-9-28-14)25-17(27)12-5-7-23-8-6-12/h1-10H,11H2,(H,24,25,27). The van der Waals surface area contributed by atoms with E-state index in [4.69, 9.17) is 4.42 Å². The summed E-state index contributed by atoms with van der Waals surface area (Å²) < 4.78 is 46.0. The van der Waals surface area contributed by atoms with Gasteiger partial charge < -0.3 is 8.98 Å². The number of alkyl halides is 3. The number of rotatable bonds is 4. The molecule has 0 radical (unpaired) electrons. The van der Waals surface area contributed by atoms with Gasteiger partial charge in [-0.3, -0.25) is 15.1 Å². The second-order valence-electron chi connectivity index (χ2n) is 5.99. The molecule has 0 spiro atoms. The van der Waals surface area contributed by atoms with Crippen LogP contribution in [0, 0.1) is 0 Å². The zero-order valence-corrected chi connectivity index (χ0v) is 14.3. The minimum absolute atomic E-state index is 0.117. The van der Waals surface area contributed by atoms with Gasteiger partial charge in [0.05, 0.1) is 29.4 Å². The number of furan rings is 1. The Hall–Kier alpha value is -3.62. The fraction of sp³-hybridized carbons (Fsp3) is 0.105. The molecule has 0 saturated carbocycles. The van der Waals surface area contributed by atoms with Crippen molar-refractivity contribution in [3.8, 4) is 0 Å². The van der Waals surface area contributed by atoms with Gasteiger partial charge in [0.1, 0.15) is 5.76 Å². The number of hydrogen-bond donors (Lipinski definition) is 1. The first kappa shape index (κ1) is 17.8. The molecule has 9 heteroatoms. The minimum Gasteiger partial charge on any atom is -0.467 e. The lowest BCUT2D eigenvalue weighted by Gasteiger charge is -2.09. The zero-order chi connectivity index (χ0) is 19.7. The van der Waals surface area contributed by atoms with Crippen molar-refractivity contribution in [2.24, 2.45) is 0 Å². The summed E-state index contributed by atoms with van der Waals surface area (Å²) in [5.74, 6) is 0.237. The monoisotopic (exact) mass is 386 g/mol. The number of halogens is 3. The highest BCUT2D eigenvalue weighted by Crippen LogP contribution is 2.32. The second-order valence-corrected chi connectivity index (χ2v) is 5.99. The van der Waals surface area contributed by atoms with Crippen LogP contribution < -0.4 is 5.32 Å². The van der Waals surface area contributed by atoms with Crippen LogP contribution in [0.25, 0.3) is 11.0 Å². The van der Waals surface area contributed by atoms with E-state index in [0.29, 0.717) is 16.8 Å². The van der Waals surface area contributed by atoms with Gasteiger partial charge in [0.15, 0.2) is 0 Å².